The Hall–Kier alpha value is -1.60. The molecule has 0 fully saturated rings. The molecule has 1 heterocycles. The van der Waals surface area contributed by atoms with Crippen LogP contribution in [-0.4, -0.2) is 24.7 Å². The van der Waals surface area contributed by atoms with Gasteiger partial charge in [-0.25, -0.2) is 0 Å². The Morgan fingerprint density at radius 3 is 2.78 bits per heavy atom. The van der Waals surface area contributed by atoms with Crippen molar-refractivity contribution in [2.45, 2.75) is 39.7 Å². The van der Waals surface area contributed by atoms with E-state index in [0.717, 1.165) is 29.9 Å². The summed E-state index contributed by atoms with van der Waals surface area (Å²) in [5.41, 5.74) is 3.17. The molecule has 1 aromatic heterocycles. The zero-order valence-corrected chi connectivity index (χ0v) is 11.6. The number of nitrogens with zero attached hydrogens (tertiary/aromatic N) is 2. The molecular formula is C14H21N3O. The van der Waals surface area contributed by atoms with Crippen molar-refractivity contribution < 1.29 is 4.74 Å². The molecule has 98 valence electrons. The van der Waals surface area contributed by atoms with Crippen molar-refractivity contribution in [1.29, 1.82) is 5.26 Å². The molecule has 0 aliphatic rings. The number of nitriles is 1. The highest BCUT2D eigenvalue weighted by molar-refractivity contribution is 5.60. The molecule has 18 heavy (non-hydrogen) atoms. The normalized spacial score (nSPS) is 11.9. The van der Waals surface area contributed by atoms with Crippen molar-refractivity contribution in [2.24, 2.45) is 0 Å². The standard InChI is InChI=1S/C14H21N3O/c1-5-6-12(9-18-4)17-14-7-10(2)16-11(3)13(14)8-15/h7,12H,5-6,9H2,1-4H3,(H,16,17). The third-order valence-corrected chi connectivity index (χ3v) is 2.80. The van der Waals surface area contributed by atoms with Crippen molar-refractivity contribution in [2.75, 3.05) is 19.0 Å². The van der Waals surface area contributed by atoms with Gasteiger partial charge in [0.15, 0.2) is 0 Å². The first-order chi connectivity index (χ1) is 8.62. The molecule has 1 N–H and O–H groups in total. The smallest absolute Gasteiger partial charge is 0.103 e. The summed E-state index contributed by atoms with van der Waals surface area (Å²) in [5, 5.41) is 12.6. The van der Waals surface area contributed by atoms with Crippen LogP contribution in [0.5, 0.6) is 0 Å². The molecule has 0 radical (unpaired) electrons. The summed E-state index contributed by atoms with van der Waals surface area (Å²) in [6.45, 7) is 6.57. The molecule has 0 saturated carbocycles. The van der Waals surface area contributed by atoms with Crippen LogP contribution in [0, 0.1) is 25.2 Å². The zero-order chi connectivity index (χ0) is 13.5. The van der Waals surface area contributed by atoms with Crippen LogP contribution in [0.3, 0.4) is 0 Å². The van der Waals surface area contributed by atoms with Gasteiger partial charge in [-0.1, -0.05) is 13.3 Å². The molecule has 0 aliphatic carbocycles. The minimum absolute atomic E-state index is 0.230. The minimum atomic E-state index is 0.230. The van der Waals surface area contributed by atoms with Gasteiger partial charge < -0.3 is 10.1 Å². The molecular weight excluding hydrogens is 226 g/mol. The number of methoxy groups -OCH3 is 1. The lowest BCUT2D eigenvalue weighted by atomic mass is 10.1. The van der Waals surface area contributed by atoms with E-state index in [1.54, 1.807) is 7.11 Å². The maximum absolute atomic E-state index is 9.20. The fraction of sp³-hybridized carbons (Fsp3) is 0.571. The zero-order valence-electron chi connectivity index (χ0n) is 11.6. The van der Waals surface area contributed by atoms with Gasteiger partial charge in [-0.15, -0.1) is 0 Å². The average Bonchev–Trinajstić information content (AvgIpc) is 2.29. The number of hydrogen-bond donors (Lipinski definition) is 1. The van der Waals surface area contributed by atoms with Crippen molar-refractivity contribution in [3.63, 3.8) is 0 Å². The summed E-state index contributed by atoms with van der Waals surface area (Å²) in [6.07, 6.45) is 2.09. The topological polar surface area (TPSA) is 57.9 Å². The second kappa shape index (κ2) is 6.97. The van der Waals surface area contributed by atoms with E-state index >= 15 is 0 Å². The first-order valence-electron chi connectivity index (χ1n) is 6.26. The Kier molecular flexibility index (Phi) is 5.60. The van der Waals surface area contributed by atoms with Gasteiger partial charge in [0.05, 0.1) is 23.6 Å². The van der Waals surface area contributed by atoms with E-state index in [2.05, 4.69) is 23.3 Å². The van der Waals surface area contributed by atoms with E-state index in [4.69, 9.17) is 4.74 Å². The van der Waals surface area contributed by atoms with Gasteiger partial charge >= 0.3 is 0 Å². The summed E-state index contributed by atoms with van der Waals surface area (Å²) in [6, 6.07) is 4.37. The van der Waals surface area contributed by atoms with E-state index in [1.165, 1.54) is 0 Å². The molecule has 1 rings (SSSR count). The van der Waals surface area contributed by atoms with Crippen molar-refractivity contribution in [3.8, 4) is 6.07 Å². The quantitative estimate of drug-likeness (QED) is 0.839. The van der Waals surface area contributed by atoms with E-state index in [0.29, 0.717) is 12.2 Å². The van der Waals surface area contributed by atoms with Gasteiger partial charge in [0.1, 0.15) is 6.07 Å². The molecule has 0 spiro atoms. The van der Waals surface area contributed by atoms with Crippen LogP contribution in [0.4, 0.5) is 5.69 Å². The molecule has 0 saturated heterocycles. The fourth-order valence-corrected chi connectivity index (χ4v) is 2.05. The molecule has 0 aliphatic heterocycles. The highest BCUT2D eigenvalue weighted by atomic mass is 16.5. The Balaban J connectivity index is 2.97. The fourth-order valence-electron chi connectivity index (χ4n) is 2.05. The second-order valence-corrected chi connectivity index (χ2v) is 4.47. The van der Waals surface area contributed by atoms with E-state index in [1.807, 2.05) is 19.9 Å². The molecule has 0 amide bonds. The lowest BCUT2D eigenvalue weighted by molar-refractivity contribution is 0.182. The third-order valence-electron chi connectivity index (χ3n) is 2.80. The maximum Gasteiger partial charge on any atom is 0.103 e. The summed E-state index contributed by atoms with van der Waals surface area (Å²) >= 11 is 0. The SMILES string of the molecule is CCCC(COC)Nc1cc(C)nc(C)c1C#N. The van der Waals surface area contributed by atoms with Gasteiger partial charge in [-0.2, -0.15) is 5.26 Å². The van der Waals surface area contributed by atoms with Gasteiger partial charge in [0, 0.05) is 18.8 Å². The molecule has 4 nitrogen and oxygen atoms in total. The Bertz CT molecular complexity index is 431. The molecule has 0 bridgehead atoms. The molecule has 0 aromatic carbocycles. The maximum atomic E-state index is 9.20. The van der Waals surface area contributed by atoms with E-state index < -0.39 is 0 Å². The van der Waals surface area contributed by atoms with Crippen LogP contribution >= 0.6 is 0 Å². The van der Waals surface area contributed by atoms with Gasteiger partial charge in [0.25, 0.3) is 0 Å². The average molecular weight is 247 g/mol. The van der Waals surface area contributed by atoms with Crippen LogP contribution < -0.4 is 5.32 Å². The van der Waals surface area contributed by atoms with Crippen LogP contribution in [-0.2, 0) is 4.74 Å². The first-order valence-corrected chi connectivity index (χ1v) is 6.26. The predicted molar refractivity (Wildman–Crippen MR) is 72.6 cm³/mol. The highest BCUT2D eigenvalue weighted by Gasteiger charge is 2.12. The number of ether oxygens (including phenoxy) is 1. The van der Waals surface area contributed by atoms with Gasteiger partial charge in [-0.3, -0.25) is 4.98 Å². The van der Waals surface area contributed by atoms with Crippen molar-refractivity contribution in [1.82, 2.24) is 4.98 Å². The van der Waals surface area contributed by atoms with Crippen molar-refractivity contribution in [3.05, 3.63) is 23.0 Å². The molecule has 1 atom stereocenters. The number of aryl methyl sites for hydroxylation is 2. The van der Waals surface area contributed by atoms with Crippen LogP contribution in [0.25, 0.3) is 0 Å². The van der Waals surface area contributed by atoms with Crippen molar-refractivity contribution >= 4 is 5.69 Å². The summed E-state index contributed by atoms with van der Waals surface area (Å²) in [4.78, 5) is 4.31. The van der Waals surface area contributed by atoms with Gasteiger partial charge in [-0.05, 0) is 26.3 Å². The number of rotatable bonds is 6. The number of pyridine rings is 1. The summed E-state index contributed by atoms with van der Waals surface area (Å²) < 4.78 is 5.20. The molecule has 4 heteroatoms. The van der Waals surface area contributed by atoms with E-state index in [-0.39, 0.29) is 6.04 Å². The monoisotopic (exact) mass is 247 g/mol. The predicted octanol–water partition coefficient (Wildman–Crippen LogP) is 2.80. The molecule has 1 unspecified atom stereocenters. The van der Waals surface area contributed by atoms with Gasteiger partial charge in [0.2, 0.25) is 0 Å². The Morgan fingerprint density at radius 2 is 2.22 bits per heavy atom. The lowest BCUT2D eigenvalue weighted by Crippen LogP contribution is -2.25. The summed E-state index contributed by atoms with van der Waals surface area (Å²) in [7, 11) is 1.69. The van der Waals surface area contributed by atoms with Crippen LogP contribution in [0.15, 0.2) is 6.07 Å². The lowest BCUT2D eigenvalue weighted by Gasteiger charge is -2.20. The number of aromatic nitrogens is 1. The minimum Gasteiger partial charge on any atom is -0.383 e. The largest absolute Gasteiger partial charge is 0.383 e. The van der Waals surface area contributed by atoms with Crippen LogP contribution in [0.2, 0.25) is 0 Å². The van der Waals surface area contributed by atoms with E-state index in [9.17, 15) is 5.26 Å². The van der Waals surface area contributed by atoms with Crippen LogP contribution in [0.1, 0.15) is 36.7 Å². The second-order valence-electron chi connectivity index (χ2n) is 4.47. The third kappa shape index (κ3) is 3.71. The first kappa shape index (κ1) is 14.5. The molecule has 1 aromatic rings. The Morgan fingerprint density at radius 1 is 1.50 bits per heavy atom. The number of hydrogen-bond acceptors (Lipinski definition) is 4. The number of anilines is 1. The Labute approximate surface area is 109 Å². The summed E-state index contributed by atoms with van der Waals surface area (Å²) in [5.74, 6) is 0. The highest BCUT2D eigenvalue weighted by Crippen LogP contribution is 2.20. The number of nitrogens with one attached hydrogen (secondary N) is 1.